The number of nitrogens with one attached hydrogen (secondary N) is 1. The molecule has 0 aliphatic rings. The topological polar surface area (TPSA) is 72.2 Å². The quantitative estimate of drug-likeness (QED) is 0.595. The van der Waals surface area contributed by atoms with Crippen LogP contribution in [0.5, 0.6) is 0 Å². The van der Waals surface area contributed by atoms with Gasteiger partial charge >= 0.3 is 0 Å². The summed E-state index contributed by atoms with van der Waals surface area (Å²) >= 11 is 1.62. The van der Waals surface area contributed by atoms with Gasteiger partial charge in [0.25, 0.3) is 5.91 Å². The van der Waals surface area contributed by atoms with Crippen LogP contribution in [0.1, 0.15) is 28.4 Å². The predicted octanol–water partition coefficient (Wildman–Crippen LogP) is 3.94. The zero-order valence-corrected chi connectivity index (χ0v) is 14.9. The molecule has 5 nitrogen and oxygen atoms in total. The molecule has 0 radical (unpaired) electrons. The molecule has 1 amide bonds. The molecule has 0 fully saturated rings. The Morgan fingerprint density at radius 1 is 1.19 bits per heavy atom. The molecule has 0 saturated carbocycles. The Morgan fingerprint density at radius 3 is 2.81 bits per heavy atom. The van der Waals surface area contributed by atoms with E-state index in [-0.39, 0.29) is 17.1 Å². The smallest absolute Gasteiger partial charge is 0.287 e. The molecule has 1 N–H and O–H groups in total. The van der Waals surface area contributed by atoms with Crippen molar-refractivity contribution < 1.29 is 9.21 Å². The van der Waals surface area contributed by atoms with Gasteiger partial charge in [0.1, 0.15) is 5.58 Å². The largest absolute Gasteiger partial charge is 0.451 e. The zero-order valence-electron chi connectivity index (χ0n) is 14.1. The number of carbonyl (C=O) groups excluding carboxylic acids is 1. The van der Waals surface area contributed by atoms with Crippen LogP contribution in [0.15, 0.2) is 63.8 Å². The summed E-state index contributed by atoms with van der Waals surface area (Å²) in [5, 5.41) is 4.26. The van der Waals surface area contributed by atoms with Crippen molar-refractivity contribution in [3.05, 3.63) is 75.6 Å². The lowest BCUT2D eigenvalue weighted by atomic mass is 10.2. The fraction of sp³-hybridized carbons (Fsp3) is 0.150. The Bertz CT molecular complexity index is 1130. The van der Waals surface area contributed by atoms with Gasteiger partial charge in [0.05, 0.1) is 20.6 Å². The summed E-state index contributed by atoms with van der Waals surface area (Å²) in [6, 6.07) is 16.1. The van der Waals surface area contributed by atoms with Crippen molar-refractivity contribution in [1.29, 1.82) is 0 Å². The lowest BCUT2D eigenvalue weighted by Gasteiger charge is -2.10. The number of fused-ring (bicyclic) bond motifs is 2. The molecule has 2 aromatic heterocycles. The van der Waals surface area contributed by atoms with Gasteiger partial charge in [-0.05, 0) is 24.3 Å². The molecule has 4 rings (SSSR count). The number of rotatable bonds is 4. The van der Waals surface area contributed by atoms with E-state index in [9.17, 15) is 9.59 Å². The van der Waals surface area contributed by atoms with Crippen molar-refractivity contribution in [2.24, 2.45) is 0 Å². The minimum Gasteiger partial charge on any atom is -0.451 e. The number of nitrogens with zero attached hydrogens (tertiary/aromatic N) is 1. The monoisotopic (exact) mass is 364 g/mol. The lowest BCUT2D eigenvalue weighted by molar-refractivity contribution is 0.0924. The molecule has 2 heterocycles. The van der Waals surface area contributed by atoms with Crippen LogP contribution in [-0.4, -0.2) is 17.4 Å². The number of hydrogen-bond acceptors (Lipinski definition) is 5. The SMILES string of the molecule is CC(CNC(=O)c1cc(=O)c2ccccc2o1)c1nc2ccccc2s1. The Labute approximate surface area is 153 Å². The highest BCUT2D eigenvalue weighted by Gasteiger charge is 2.16. The number of hydrogen-bond donors (Lipinski definition) is 1. The molecule has 1 atom stereocenters. The van der Waals surface area contributed by atoms with Gasteiger partial charge in [-0.1, -0.05) is 31.2 Å². The van der Waals surface area contributed by atoms with Crippen molar-refractivity contribution in [3.63, 3.8) is 0 Å². The highest BCUT2D eigenvalue weighted by Crippen LogP contribution is 2.26. The first-order valence-electron chi connectivity index (χ1n) is 8.28. The minimum atomic E-state index is -0.402. The summed E-state index contributed by atoms with van der Waals surface area (Å²) in [6.07, 6.45) is 0. The minimum absolute atomic E-state index is 0.0187. The summed E-state index contributed by atoms with van der Waals surface area (Å²) < 4.78 is 6.69. The second-order valence-corrected chi connectivity index (χ2v) is 7.16. The second-order valence-electron chi connectivity index (χ2n) is 6.10. The van der Waals surface area contributed by atoms with Gasteiger partial charge in [-0.25, -0.2) is 4.98 Å². The fourth-order valence-electron chi connectivity index (χ4n) is 2.74. The third-order valence-corrected chi connectivity index (χ3v) is 5.43. The Kier molecular flexibility index (Phi) is 4.26. The number of para-hydroxylation sites is 2. The lowest BCUT2D eigenvalue weighted by Crippen LogP contribution is -2.28. The first-order valence-corrected chi connectivity index (χ1v) is 9.10. The maximum absolute atomic E-state index is 12.4. The molecule has 0 aliphatic carbocycles. The summed E-state index contributed by atoms with van der Waals surface area (Å²) in [4.78, 5) is 29.1. The average molecular weight is 364 g/mol. The Balaban J connectivity index is 1.50. The molecule has 26 heavy (non-hydrogen) atoms. The van der Waals surface area contributed by atoms with Crippen molar-refractivity contribution in [2.75, 3.05) is 6.54 Å². The van der Waals surface area contributed by atoms with Crippen molar-refractivity contribution in [2.45, 2.75) is 12.8 Å². The number of amides is 1. The molecule has 0 aliphatic heterocycles. The summed E-state index contributed by atoms with van der Waals surface area (Å²) in [7, 11) is 0. The molecule has 2 aromatic carbocycles. The van der Waals surface area contributed by atoms with Crippen molar-refractivity contribution >= 4 is 38.4 Å². The van der Waals surface area contributed by atoms with E-state index in [0.717, 1.165) is 15.2 Å². The van der Waals surface area contributed by atoms with E-state index in [4.69, 9.17) is 4.42 Å². The van der Waals surface area contributed by atoms with E-state index >= 15 is 0 Å². The fourth-order valence-corrected chi connectivity index (χ4v) is 3.76. The van der Waals surface area contributed by atoms with Gasteiger partial charge < -0.3 is 9.73 Å². The zero-order chi connectivity index (χ0) is 18.1. The van der Waals surface area contributed by atoms with E-state index in [2.05, 4.69) is 10.3 Å². The molecule has 0 spiro atoms. The predicted molar refractivity (Wildman–Crippen MR) is 103 cm³/mol. The van der Waals surface area contributed by atoms with Gasteiger partial charge in [0.2, 0.25) is 0 Å². The Morgan fingerprint density at radius 2 is 1.96 bits per heavy atom. The molecular formula is C20H16N2O3S. The number of carbonyl (C=O) groups is 1. The summed E-state index contributed by atoms with van der Waals surface area (Å²) in [5.74, 6) is -0.324. The van der Waals surface area contributed by atoms with E-state index in [1.54, 1.807) is 35.6 Å². The van der Waals surface area contributed by atoms with Crippen LogP contribution in [0, 0.1) is 0 Å². The summed E-state index contributed by atoms with van der Waals surface area (Å²) in [5.41, 5.74) is 1.15. The Hall–Kier alpha value is -2.99. The molecule has 130 valence electrons. The molecule has 6 heteroatoms. The highest BCUT2D eigenvalue weighted by atomic mass is 32.1. The van der Waals surface area contributed by atoms with Gasteiger partial charge in [0.15, 0.2) is 11.2 Å². The average Bonchev–Trinajstić information content (AvgIpc) is 3.10. The number of benzene rings is 2. The molecule has 0 bridgehead atoms. The normalized spacial score (nSPS) is 12.3. The second kappa shape index (κ2) is 6.72. The van der Waals surface area contributed by atoms with Crippen LogP contribution in [0.4, 0.5) is 0 Å². The molecule has 1 unspecified atom stereocenters. The number of thiazole rings is 1. The van der Waals surface area contributed by atoms with Crippen LogP contribution < -0.4 is 10.7 Å². The van der Waals surface area contributed by atoms with Crippen LogP contribution in [-0.2, 0) is 0 Å². The maximum atomic E-state index is 12.4. The van der Waals surface area contributed by atoms with Gasteiger partial charge in [-0.2, -0.15) is 0 Å². The molecular weight excluding hydrogens is 348 g/mol. The third-order valence-electron chi connectivity index (χ3n) is 4.16. The summed E-state index contributed by atoms with van der Waals surface area (Å²) in [6.45, 7) is 2.42. The van der Waals surface area contributed by atoms with Crippen LogP contribution in [0.2, 0.25) is 0 Å². The van der Waals surface area contributed by atoms with Gasteiger partial charge in [-0.15, -0.1) is 11.3 Å². The number of aromatic nitrogens is 1. The van der Waals surface area contributed by atoms with Crippen LogP contribution in [0.25, 0.3) is 21.2 Å². The van der Waals surface area contributed by atoms with Crippen molar-refractivity contribution in [1.82, 2.24) is 10.3 Å². The molecule has 0 saturated heterocycles. The van der Waals surface area contributed by atoms with Crippen molar-refractivity contribution in [3.8, 4) is 0 Å². The molecule has 4 aromatic rings. The van der Waals surface area contributed by atoms with Crippen LogP contribution in [0.3, 0.4) is 0 Å². The van der Waals surface area contributed by atoms with E-state index in [1.165, 1.54) is 6.07 Å². The van der Waals surface area contributed by atoms with Crippen LogP contribution >= 0.6 is 11.3 Å². The first-order chi connectivity index (χ1) is 12.6. The third kappa shape index (κ3) is 3.11. The van der Waals surface area contributed by atoms with Gasteiger partial charge in [0, 0.05) is 18.5 Å². The van der Waals surface area contributed by atoms with E-state index in [0.29, 0.717) is 17.5 Å². The first kappa shape index (κ1) is 16.5. The van der Waals surface area contributed by atoms with E-state index in [1.807, 2.05) is 31.2 Å². The maximum Gasteiger partial charge on any atom is 0.287 e. The highest BCUT2D eigenvalue weighted by molar-refractivity contribution is 7.18. The van der Waals surface area contributed by atoms with E-state index < -0.39 is 5.91 Å². The van der Waals surface area contributed by atoms with Gasteiger partial charge in [-0.3, -0.25) is 9.59 Å². The standard InChI is InChI=1S/C20H16N2O3S/c1-12(20-22-14-7-3-5-9-18(14)26-20)11-21-19(24)17-10-15(23)13-6-2-4-8-16(13)25-17/h2-10,12H,11H2,1H3,(H,21,24).